The maximum absolute atomic E-state index is 2.31. The fourth-order valence-corrected chi connectivity index (χ4v) is 6.15. The molecular formula is C48H56Cl2Si2Zr2-2. The third-order valence-electron chi connectivity index (χ3n) is 9.00. The van der Waals surface area contributed by atoms with Crippen molar-refractivity contribution in [1.82, 2.24) is 0 Å². The zero-order valence-electron chi connectivity index (χ0n) is 34.3. The SMILES string of the molecule is C[Si](C)=[Zr+2].C[Si](C)=[Zr+2].Cc1ccc(C)c2[cH-]ccc12.Cc1ccc(C)c2[cH-]ccc12.Cc1ccc(C)c2[cH-]ccc12.Cc1ccc(C)c2[cH-]ccc12.[Cl-].[Cl-]. The van der Waals surface area contributed by atoms with Gasteiger partial charge in [-0.15, -0.1) is 114 Å². The molecule has 0 heterocycles. The smallest absolute Gasteiger partial charge is 0.0488 e. The van der Waals surface area contributed by atoms with E-state index in [-0.39, 0.29) is 35.7 Å². The Morgan fingerprint density at radius 3 is 0.611 bits per heavy atom. The van der Waals surface area contributed by atoms with Crippen LogP contribution in [0, 0.1) is 55.4 Å². The van der Waals surface area contributed by atoms with E-state index in [1.54, 1.807) is 46.7 Å². The third-order valence-corrected chi connectivity index (χ3v) is 9.00. The minimum absolute atomic E-state index is 0. The Morgan fingerprint density at radius 1 is 0.315 bits per heavy atom. The van der Waals surface area contributed by atoms with Gasteiger partial charge in [-0.2, -0.15) is 48.5 Å². The average Bonchev–Trinajstić information content (AvgIpc) is 3.91. The van der Waals surface area contributed by atoms with Crippen LogP contribution in [0.3, 0.4) is 0 Å². The van der Waals surface area contributed by atoms with Gasteiger partial charge < -0.3 is 24.8 Å². The molecule has 6 heteroatoms. The van der Waals surface area contributed by atoms with Crippen molar-refractivity contribution < 1.29 is 71.5 Å². The van der Waals surface area contributed by atoms with Crippen molar-refractivity contribution in [3.8, 4) is 0 Å². The molecule has 0 bridgehead atoms. The van der Waals surface area contributed by atoms with Crippen LogP contribution in [0.5, 0.6) is 0 Å². The van der Waals surface area contributed by atoms with Crippen LogP contribution in [-0.2, 0) is 46.7 Å². The molecule has 0 saturated carbocycles. The topological polar surface area (TPSA) is 0 Å². The summed E-state index contributed by atoms with van der Waals surface area (Å²) >= 11 is 3.48. The number of halogens is 2. The molecule has 0 aliphatic rings. The second-order valence-corrected chi connectivity index (χ2v) is 33.0. The summed E-state index contributed by atoms with van der Waals surface area (Å²) < 4.78 is 0. The predicted octanol–water partition coefficient (Wildman–Crippen LogP) is 8.28. The monoisotopic (exact) mass is 938 g/mol. The predicted molar refractivity (Wildman–Crippen MR) is 231 cm³/mol. The molecule has 280 valence electrons. The summed E-state index contributed by atoms with van der Waals surface area (Å²) in [5.74, 6) is 0. The Hall–Kier alpha value is -1.90. The van der Waals surface area contributed by atoms with Crippen LogP contribution in [0.1, 0.15) is 44.5 Å². The molecule has 0 amide bonds. The number of hydrogen-bond acceptors (Lipinski definition) is 0. The molecule has 8 rings (SSSR count). The minimum Gasteiger partial charge on any atom is -1.00 e. The van der Waals surface area contributed by atoms with E-state index in [0.29, 0.717) is 0 Å². The maximum atomic E-state index is 2.31. The summed E-state index contributed by atoms with van der Waals surface area (Å²) in [5, 5.41) is 11.1. The largest absolute Gasteiger partial charge is 1.00 e. The molecule has 0 aliphatic carbocycles. The first-order chi connectivity index (χ1) is 24.6. The molecule has 0 atom stereocenters. The molecule has 54 heavy (non-hydrogen) atoms. The van der Waals surface area contributed by atoms with E-state index in [1.807, 2.05) is 0 Å². The summed E-state index contributed by atoms with van der Waals surface area (Å²) in [5.41, 5.74) is 11.4. The van der Waals surface area contributed by atoms with Crippen LogP contribution in [0.15, 0.2) is 121 Å². The van der Waals surface area contributed by atoms with E-state index >= 15 is 0 Å². The zero-order chi connectivity index (χ0) is 38.5. The molecule has 0 aliphatic heterocycles. The molecule has 0 fully saturated rings. The average molecular weight is 943 g/mol. The van der Waals surface area contributed by atoms with Crippen LogP contribution < -0.4 is 24.8 Å². The van der Waals surface area contributed by atoms with Gasteiger partial charge >= 0.3 is 83.7 Å². The molecule has 0 saturated heterocycles. The molecule has 8 aromatic carbocycles. The Bertz CT molecular complexity index is 1910. The van der Waals surface area contributed by atoms with Gasteiger partial charge in [-0.05, 0) is 27.7 Å². The molecule has 0 N–H and O–H groups in total. The summed E-state index contributed by atoms with van der Waals surface area (Å²) in [6.45, 7) is 26.5. The quantitative estimate of drug-likeness (QED) is 0.106. The number of fused-ring (bicyclic) bond motifs is 4. The second-order valence-electron chi connectivity index (χ2n) is 14.2. The van der Waals surface area contributed by atoms with Crippen LogP contribution >= 0.6 is 0 Å². The van der Waals surface area contributed by atoms with Crippen molar-refractivity contribution in [2.45, 2.75) is 81.6 Å². The van der Waals surface area contributed by atoms with Crippen molar-refractivity contribution in [2.24, 2.45) is 0 Å². The van der Waals surface area contributed by atoms with Gasteiger partial charge in [0.05, 0.1) is 0 Å². The van der Waals surface area contributed by atoms with E-state index < -0.39 is 0 Å². The van der Waals surface area contributed by atoms with E-state index in [9.17, 15) is 0 Å². The Balaban J connectivity index is 0.000000334. The number of aryl methyl sites for hydroxylation is 8. The van der Waals surface area contributed by atoms with Crippen molar-refractivity contribution in [1.29, 1.82) is 0 Å². The summed E-state index contributed by atoms with van der Waals surface area (Å²) in [6.07, 6.45) is 0. The number of rotatable bonds is 0. The Morgan fingerprint density at radius 2 is 0.463 bits per heavy atom. The molecule has 0 unspecified atom stereocenters. The fraction of sp³-hybridized carbons (Fsp3) is 0.250. The minimum atomic E-state index is 0. The van der Waals surface area contributed by atoms with Crippen LogP contribution in [0.2, 0.25) is 26.2 Å². The van der Waals surface area contributed by atoms with Crippen LogP contribution in [0.25, 0.3) is 43.1 Å². The molecule has 0 spiro atoms. The third kappa shape index (κ3) is 14.9. The first kappa shape index (κ1) is 50.1. The van der Waals surface area contributed by atoms with Crippen LogP contribution in [-0.4, -0.2) is 10.9 Å². The summed E-state index contributed by atoms with van der Waals surface area (Å²) in [7, 11) is 0. The van der Waals surface area contributed by atoms with E-state index in [1.165, 1.54) is 87.6 Å². The van der Waals surface area contributed by atoms with Gasteiger partial charge in [0.2, 0.25) is 0 Å². The molecule has 8 aromatic rings. The van der Waals surface area contributed by atoms with E-state index in [2.05, 4.69) is 203 Å². The second kappa shape index (κ2) is 24.7. The van der Waals surface area contributed by atoms with Crippen molar-refractivity contribution >= 4 is 54.0 Å². The first-order valence-corrected chi connectivity index (χ1v) is 30.5. The Kier molecular flexibility index (Phi) is 22.9. The van der Waals surface area contributed by atoms with Gasteiger partial charge in [0.15, 0.2) is 0 Å². The van der Waals surface area contributed by atoms with Crippen LogP contribution in [0.4, 0.5) is 0 Å². The summed E-state index contributed by atoms with van der Waals surface area (Å²) in [4.78, 5) is 0. The molecule has 0 radical (unpaired) electrons. The summed E-state index contributed by atoms with van der Waals surface area (Å²) in [6, 6.07) is 43.3. The van der Waals surface area contributed by atoms with E-state index in [4.69, 9.17) is 0 Å². The van der Waals surface area contributed by atoms with E-state index in [0.717, 1.165) is 0 Å². The van der Waals surface area contributed by atoms with Gasteiger partial charge in [0.1, 0.15) is 0 Å². The maximum Gasteiger partial charge on any atom is -0.0488 e. The van der Waals surface area contributed by atoms with Gasteiger partial charge in [0, 0.05) is 0 Å². The van der Waals surface area contributed by atoms with Crippen molar-refractivity contribution in [3.63, 3.8) is 0 Å². The molecule has 0 nitrogen and oxygen atoms in total. The van der Waals surface area contributed by atoms with Crippen molar-refractivity contribution in [3.05, 3.63) is 166 Å². The van der Waals surface area contributed by atoms with Gasteiger partial charge in [-0.1, -0.05) is 74.2 Å². The van der Waals surface area contributed by atoms with Gasteiger partial charge in [-0.25, -0.2) is 0 Å². The molecular weight excluding hydrogens is 886 g/mol. The first-order valence-electron chi connectivity index (χ1n) is 18.1. The number of hydrogen-bond donors (Lipinski definition) is 0. The normalized spacial score (nSPS) is 9.78. The zero-order valence-corrected chi connectivity index (χ0v) is 42.7. The Labute approximate surface area is 369 Å². The van der Waals surface area contributed by atoms with Crippen molar-refractivity contribution in [2.75, 3.05) is 0 Å². The fourth-order valence-electron chi connectivity index (χ4n) is 6.15. The van der Waals surface area contributed by atoms with Gasteiger partial charge in [-0.3, -0.25) is 0 Å². The molecule has 0 aromatic heterocycles. The number of benzene rings is 4. The van der Waals surface area contributed by atoms with Gasteiger partial charge in [0.25, 0.3) is 0 Å². The standard InChI is InChI=1S/4C11H11.2C2H6Si.2ClH.2Zr/c4*1-8-6-7-9(2)11-5-3-4-10(8)11;2*1-3-2;;;;/h4*3-7H,1-2H3;2*1-2H3;2*1H;;/q4*-1;;;;;2*+2/p-2.